The van der Waals surface area contributed by atoms with Crippen molar-refractivity contribution >= 4 is 78.6 Å². The van der Waals surface area contributed by atoms with Gasteiger partial charge in [0, 0.05) is 22.9 Å². The molecular formula is C36H34NO2PS2. The maximum atomic E-state index is 7.01. The summed E-state index contributed by atoms with van der Waals surface area (Å²) in [7, 11) is -1.54. The zero-order chi connectivity index (χ0) is 27.1. The fourth-order valence-electron chi connectivity index (χ4n) is 5.84. The predicted octanol–water partition coefficient (Wildman–Crippen LogP) is 11.3. The lowest BCUT2D eigenvalue weighted by atomic mass is 9.99. The Kier molecular flexibility index (Phi) is 9.05. The molecule has 0 aliphatic carbocycles. The third-order valence-electron chi connectivity index (χ3n) is 7.93. The molecule has 1 heterocycles. The highest BCUT2D eigenvalue weighted by molar-refractivity contribution is 7.59. The fraction of sp³-hybridized carbons (Fsp3) is 0.111. The molecule has 42 heavy (non-hydrogen) atoms. The summed E-state index contributed by atoms with van der Waals surface area (Å²) in [6.07, 6.45) is 0. The van der Waals surface area contributed by atoms with Gasteiger partial charge in [0.15, 0.2) is 0 Å². The van der Waals surface area contributed by atoms with E-state index < -0.39 is 8.16 Å². The molecule has 3 nitrogen and oxygen atoms in total. The molecular weight excluding hydrogens is 574 g/mol. The van der Waals surface area contributed by atoms with Gasteiger partial charge in [-0.05, 0) is 58.7 Å². The van der Waals surface area contributed by atoms with Crippen LogP contribution in [0, 0.1) is 0 Å². The second-order valence-electron chi connectivity index (χ2n) is 10.3. The van der Waals surface area contributed by atoms with E-state index in [0.717, 1.165) is 32.7 Å². The molecule has 0 unspecified atom stereocenters. The van der Waals surface area contributed by atoms with Crippen molar-refractivity contribution in [2.75, 3.05) is 4.67 Å². The first-order valence-electron chi connectivity index (χ1n) is 13.8. The normalized spacial score (nSPS) is 12.6. The van der Waals surface area contributed by atoms with Crippen molar-refractivity contribution in [1.82, 2.24) is 0 Å². The molecule has 0 N–H and O–H groups in total. The Bertz CT molecular complexity index is 1870. The highest BCUT2D eigenvalue weighted by atomic mass is 32.1. The van der Waals surface area contributed by atoms with Gasteiger partial charge in [0.05, 0.1) is 0 Å². The van der Waals surface area contributed by atoms with E-state index >= 15 is 0 Å². The summed E-state index contributed by atoms with van der Waals surface area (Å²) < 4.78 is 16.4. The van der Waals surface area contributed by atoms with Crippen LogP contribution in [0.2, 0.25) is 0 Å². The van der Waals surface area contributed by atoms with Gasteiger partial charge in [0.25, 0.3) is 0 Å². The minimum atomic E-state index is -1.54. The van der Waals surface area contributed by atoms with Gasteiger partial charge in [-0.3, -0.25) is 0 Å². The fourth-order valence-corrected chi connectivity index (χ4v) is 7.54. The number of benzene rings is 6. The summed E-state index contributed by atoms with van der Waals surface area (Å²) >= 11 is 0. The van der Waals surface area contributed by atoms with Crippen LogP contribution in [0.15, 0.2) is 142 Å². The lowest BCUT2D eigenvalue weighted by molar-refractivity contribution is 0.558. The molecule has 0 bridgehead atoms. The van der Waals surface area contributed by atoms with Crippen LogP contribution in [0.5, 0.6) is 0 Å². The molecule has 7 aromatic rings. The Hall–Kier alpha value is -3.60. The lowest BCUT2D eigenvalue weighted by Crippen LogP contribution is -2.27. The maximum Gasteiger partial charge on any atom is 0.310 e. The number of nitrogens with zero attached hydrogens (tertiary/aromatic N) is 1. The van der Waals surface area contributed by atoms with Gasteiger partial charge in [-0.15, -0.1) is 0 Å². The van der Waals surface area contributed by atoms with Crippen LogP contribution in [-0.4, -0.2) is 0 Å². The maximum absolute atomic E-state index is 7.01. The summed E-state index contributed by atoms with van der Waals surface area (Å²) in [5.74, 6) is 0. The molecule has 0 radical (unpaired) electrons. The van der Waals surface area contributed by atoms with Crippen LogP contribution in [0.4, 0.5) is 0 Å². The van der Waals surface area contributed by atoms with Crippen molar-refractivity contribution in [3.8, 4) is 0 Å². The first kappa shape index (κ1) is 29.9. The second kappa shape index (κ2) is 12.7. The van der Waals surface area contributed by atoms with Crippen molar-refractivity contribution in [2.24, 2.45) is 0 Å². The largest absolute Gasteiger partial charge is 0.408 e. The van der Waals surface area contributed by atoms with Gasteiger partial charge < -0.3 is 8.39 Å². The second-order valence-corrected chi connectivity index (χ2v) is 11.6. The molecule has 1 aromatic heterocycles. The first-order chi connectivity index (χ1) is 19.7. The smallest absolute Gasteiger partial charge is 0.310 e. The van der Waals surface area contributed by atoms with Gasteiger partial charge in [-0.25, -0.2) is 0 Å². The van der Waals surface area contributed by atoms with Gasteiger partial charge in [-0.2, -0.15) is 31.7 Å². The molecule has 7 rings (SSSR count). The SMILES string of the molecule is C[C@H](c1ccccc1)N([C@@H](C)c1ccccc1)p1oc2ccc3ccccc3c2c2c(ccc3ccccc32)o1.S.S. The summed E-state index contributed by atoms with van der Waals surface area (Å²) in [6, 6.07) is 47.0. The van der Waals surface area contributed by atoms with Crippen LogP contribution in [0.3, 0.4) is 0 Å². The van der Waals surface area contributed by atoms with Crippen LogP contribution in [0.1, 0.15) is 37.1 Å². The number of rotatable bonds is 5. The van der Waals surface area contributed by atoms with E-state index in [1.54, 1.807) is 0 Å². The van der Waals surface area contributed by atoms with Gasteiger partial charge in [0.2, 0.25) is 0 Å². The molecule has 6 heteroatoms. The molecule has 0 aliphatic rings. The Morgan fingerprint density at radius 3 is 1.29 bits per heavy atom. The van der Waals surface area contributed by atoms with Crippen molar-refractivity contribution < 1.29 is 8.39 Å². The average molecular weight is 608 g/mol. The van der Waals surface area contributed by atoms with E-state index in [-0.39, 0.29) is 39.1 Å². The van der Waals surface area contributed by atoms with Crippen LogP contribution >= 0.6 is 35.2 Å². The molecule has 212 valence electrons. The first-order valence-corrected chi connectivity index (χ1v) is 14.9. The van der Waals surface area contributed by atoms with E-state index in [9.17, 15) is 0 Å². The number of hydrogen-bond donors (Lipinski definition) is 0. The topological polar surface area (TPSA) is 29.5 Å². The Morgan fingerprint density at radius 1 is 0.476 bits per heavy atom. The minimum absolute atomic E-state index is 0. The molecule has 0 fully saturated rings. The lowest BCUT2D eigenvalue weighted by Gasteiger charge is -2.31. The van der Waals surface area contributed by atoms with Crippen molar-refractivity contribution in [2.45, 2.75) is 25.9 Å². The molecule has 6 aromatic carbocycles. The minimum Gasteiger partial charge on any atom is -0.408 e. The van der Waals surface area contributed by atoms with Crippen LogP contribution < -0.4 is 4.67 Å². The summed E-state index contributed by atoms with van der Waals surface area (Å²) in [6.45, 7) is 4.49. The standard InChI is InChI=1S/C36H30NO2P.2H2S/c1-25(27-13-5-3-6-14-27)37(26(2)28-15-7-4-8-16-28)40-38-33-23-21-29-17-9-11-19-31(29)35(33)36-32-20-12-10-18-30(32)22-24-34(36)39-40;;/h3-26H,1-2H3;2*1H2/t25-,26+;;. The third kappa shape index (κ3) is 5.34. The average Bonchev–Trinajstić information content (AvgIpc) is 3.19. The van der Waals surface area contributed by atoms with E-state index in [0.29, 0.717) is 0 Å². The molecule has 0 saturated carbocycles. The summed E-state index contributed by atoms with van der Waals surface area (Å²) in [4.78, 5) is 0. The Labute approximate surface area is 261 Å². The molecule has 0 saturated heterocycles. The molecule has 0 aliphatic heterocycles. The van der Waals surface area contributed by atoms with Crippen LogP contribution in [0.25, 0.3) is 43.5 Å². The van der Waals surface area contributed by atoms with Crippen molar-refractivity contribution in [1.29, 1.82) is 0 Å². The predicted molar refractivity (Wildman–Crippen MR) is 190 cm³/mol. The van der Waals surface area contributed by atoms with Gasteiger partial charge in [0.1, 0.15) is 11.2 Å². The zero-order valence-electron chi connectivity index (χ0n) is 23.6. The van der Waals surface area contributed by atoms with E-state index in [1.807, 2.05) is 0 Å². The van der Waals surface area contributed by atoms with Gasteiger partial charge >= 0.3 is 8.16 Å². The third-order valence-corrected chi connectivity index (χ3v) is 9.71. The molecule has 2 atom stereocenters. The summed E-state index contributed by atoms with van der Waals surface area (Å²) in [5.41, 5.74) is 4.15. The van der Waals surface area contributed by atoms with E-state index in [4.69, 9.17) is 8.39 Å². The highest BCUT2D eigenvalue weighted by Crippen LogP contribution is 2.47. The molecule has 0 spiro atoms. The molecule has 0 amide bonds. The Morgan fingerprint density at radius 2 is 0.857 bits per heavy atom. The van der Waals surface area contributed by atoms with Crippen LogP contribution in [-0.2, 0) is 0 Å². The van der Waals surface area contributed by atoms with Crippen molar-refractivity contribution in [3.63, 3.8) is 0 Å². The quantitative estimate of drug-likeness (QED) is 0.195. The van der Waals surface area contributed by atoms with E-state index in [1.165, 1.54) is 21.9 Å². The highest BCUT2D eigenvalue weighted by Gasteiger charge is 2.29. The van der Waals surface area contributed by atoms with Crippen molar-refractivity contribution in [3.05, 3.63) is 145 Å². The summed E-state index contributed by atoms with van der Waals surface area (Å²) in [5, 5.41) is 6.88. The monoisotopic (exact) mass is 607 g/mol. The van der Waals surface area contributed by atoms with E-state index in [2.05, 4.69) is 152 Å². The number of fused-ring (bicyclic) bond motifs is 7. The van der Waals surface area contributed by atoms with Gasteiger partial charge in [-0.1, -0.05) is 121 Å². The Balaban J connectivity index is 0.00000176. The zero-order valence-corrected chi connectivity index (χ0v) is 26.5. The number of hydrogen-bond acceptors (Lipinski definition) is 3.